The van der Waals surface area contributed by atoms with Crippen LogP contribution in [-0.4, -0.2) is 36.9 Å². The maximum Gasteiger partial charge on any atom is 0.252 e. The van der Waals surface area contributed by atoms with E-state index in [0.29, 0.717) is 41.7 Å². The number of piperidine rings is 1. The summed E-state index contributed by atoms with van der Waals surface area (Å²) in [6.07, 6.45) is 0.961. The lowest BCUT2D eigenvalue weighted by molar-refractivity contribution is -0.120. The van der Waals surface area contributed by atoms with Crippen LogP contribution in [0.15, 0.2) is 30.7 Å². The SMILES string of the molecule is Cc1cc(NC(=O)C2CCN(S(=O)(=O)c3ccc(Br)s3)CC2)no1. The molecule has 2 aromatic heterocycles. The molecule has 1 aliphatic heterocycles. The highest BCUT2D eigenvalue weighted by molar-refractivity contribution is 9.11. The van der Waals surface area contributed by atoms with Gasteiger partial charge in [-0.15, -0.1) is 11.3 Å². The van der Waals surface area contributed by atoms with Crippen LogP contribution in [0.4, 0.5) is 5.82 Å². The van der Waals surface area contributed by atoms with Crippen LogP contribution in [0.1, 0.15) is 18.6 Å². The van der Waals surface area contributed by atoms with Gasteiger partial charge in [0.2, 0.25) is 5.91 Å². The van der Waals surface area contributed by atoms with Gasteiger partial charge in [0.1, 0.15) is 9.97 Å². The number of rotatable bonds is 4. The first-order valence-corrected chi connectivity index (χ1v) is 10.4. The highest BCUT2D eigenvalue weighted by atomic mass is 79.9. The molecule has 3 heterocycles. The van der Waals surface area contributed by atoms with Gasteiger partial charge in [-0.3, -0.25) is 4.79 Å². The van der Waals surface area contributed by atoms with Gasteiger partial charge in [0.25, 0.3) is 10.0 Å². The maximum absolute atomic E-state index is 12.6. The summed E-state index contributed by atoms with van der Waals surface area (Å²) in [6.45, 7) is 2.40. The molecule has 0 aromatic carbocycles. The molecule has 10 heteroatoms. The van der Waals surface area contributed by atoms with E-state index >= 15 is 0 Å². The minimum Gasteiger partial charge on any atom is -0.360 e. The highest BCUT2D eigenvalue weighted by Gasteiger charge is 2.33. The number of anilines is 1. The number of hydrogen-bond donors (Lipinski definition) is 1. The van der Waals surface area contributed by atoms with Crippen molar-refractivity contribution in [1.82, 2.24) is 9.46 Å². The van der Waals surface area contributed by atoms with Gasteiger partial charge in [-0.1, -0.05) is 5.16 Å². The van der Waals surface area contributed by atoms with Gasteiger partial charge < -0.3 is 9.84 Å². The summed E-state index contributed by atoms with van der Waals surface area (Å²) in [5, 5.41) is 6.44. The van der Waals surface area contributed by atoms with Crippen LogP contribution in [0.2, 0.25) is 0 Å². The number of aromatic nitrogens is 1. The van der Waals surface area contributed by atoms with Gasteiger partial charge in [-0.25, -0.2) is 8.42 Å². The largest absolute Gasteiger partial charge is 0.360 e. The first-order chi connectivity index (χ1) is 11.4. The van der Waals surface area contributed by atoms with Crippen molar-refractivity contribution in [2.75, 3.05) is 18.4 Å². The molecule has 24 heavy (non-hydrogen) atoms. The number of thiophene rings is 1. The Morgan fingerprint density at radius 2 is 2.12 bits per heavy atom. The second kappa shape index (κ2) is 6.95. The van der Waals surface area contributed by atoms with Gasteiger partial charge in [0.15, 0.2) is 5.82 Å². The summed E-state index contributed by atoms with van der Waals surface area (Å²) in [4.78, 5) is 12.2. The number of sulfonamides is 1. The molecule has 1 aliphatic rings. The number of nitrogens with one attached hydrogen (secondary N) is 1. The Labute approximate surface area is 152 Å². The Morgan fingerprint density at radius 3 is 2.67 bits per heavy atom. The number of carbonyl (C=O) groups is 1. The van der Waals surface area contributed by atoms with Crippen molar-refractivity contribution in [3.63, 3.8) is 0 Å². The van der Waals surface area contributed by atoms with E-state index in [9.17, 15) is 13.2 Å². The fourth-order valence-corrected chi connectivity index (χ4v) is 6.21. The monoisotopic (exact) mass is 433 g/mol. The van der Waals surface area contributed by atoms with E-state index in [1.165, 1.54) is 15.6 Å². The van der Waals surface area contributed by atoms with Crippen molar-refractivity contribution >= 4 is 49.0 Å². The van der Waals surface area contributed by atoms with E-state index in [1.807, 2.05) is 0 Å². The number of hydrogen-bond acceptors (Lipinski definition) is 6. The summed E-state index contributed by atoms with van der Waals surface area (Å²) in [6, 6.07) is 4.96. The molecule has 0 saturated carbocycles. The standard InChI is InChI=1S/C14H16BrN3O4S2/c1-9-8-12(17-22-9)16-14(19)10-4-6-18(7-5-10)24(20,21)13-3-2-11(15)23-13/h2-3,8,10H,4-7H2,1H3,(H,16,17,19). The van der Waals surface area contributed by atoms with Crippen molar-refractivity contribution in [2.45, 2.75) is 24.0 Å². The average molecular weight is 434 g/mol. The fraction of sp³-hybridized carbons (Fsp3) is 0.429. The van der Waals surface area contributed by atoms with Crippen LogP contribution in [0.25, 0.3) is 0 Å². The zero-order valence-corrected chi connectivity index (χ0v) is 16.1. The Hall–Kier alpha value is -1.23. The summed E-state index contributed by atoms with van der Waals surface area (Å²) in [5.74, 6) is 0.618. The summed E-state index contributed by atoms with van der Waals surface area (Å²) >= 11 is 4.47. The van der Waals surface area contributed by atoms with E-state index in [4.69, 9.17) is 4.52 Å². The molecule has 1 N–H and O–H groups in total. The number of aryl methyl sites for hydroxylation is 1. The maximum atomic E-state index is 12.6. The summed E-state index contributed by atoms with van der Waals surface area (Å²) < 4.78 is 32.6. The Bertz CT molecular complexity index is 838. The highest BCUT2D eigenvalue weighted by Crippen LogP contribution is 2.31. The molecule has 0 atom stereocenters. The predicted octanol–water partition coefficient (Wildman–Crippen LogP) is 2.85. The molecule has 1 amide bonds. The molecule has 1 fully saturated rings. The Balaban J connectivity index is 1.60. The smallest absolute Gasteiger partial charge is 0.252 e. The zero-order chi connectivity index (χ0) is 17.3. The van der Waals surface area contributed by atoms with Crippen molar-refractivity contribution < 1.29 is 17.7 Å². The molecule has 0 spiro atoms. The third-order valence-electron chi connectivity index (χ3n) is 3.85. The predicted molar refractivity (Wildman–Crippen MR) is 93.4 cm³/mol. The van der Waals surface area contributed by atoms with E-state index in [1.54, 1.807) is 25.1 Å². The van der Waals surface area contributed by atoms with E-state index < -0.39 is 10.0 Å². The summed E-state index contributed by atoms with van der Waals surface area (Å²) in [5.41, 5.74) is 0. The minimum atomic E-state index is -3.48. The molecule has 0 unspecified atom stereocenters. The third-order valence-corrected chi connectivity index (χ3v) is 7.84. The summed E-state index contributed by atoms with van der Waals surface area (Å²) in [7, 11) is -3.48. The van der Waals surface area contributed by atoms with Crippen LogP contribution < -0.4 is 5.32 Å². The number of nitrogens with zero attached hydrogens (tertiary/aromatic N) is 2. The molecule has 0 bridgehead atoms. The van der Waals surface area contributed by atoms with Gasteiger partial charge >= 0.3 is 0 Å². The van der Waals surface area contributed by atoms with Gasteiger partial charge in [-0.2, -0.15) is 4.31 Å². The lowest BCUT2D eigenvalue weighted by Crippen LogP contribution is -2.41. The van der Waals surface area contributed by atoms with Crippen LogP contribution >= 0.6 is 27.3 Å². The van der Waals surface area contributed by atoms with Crippen molar-refractivity contribution in [1.29, 1.82) is 0 Å². The van der Waals surface area contributed by atoms with Crippen LogP contribution in [0, 0.1) is 12.8 Å². The molecule has 1 saturated heterocycles. The number of carbonyl (C=O) groups excluding carboxylic acids is 1. The first-order valence-electron chi connectivity index (χ1n) is 7.36. The fourth-order valence-electron chi connectivity index (χ4n) is 2.58. The second-order valence-electron chi connectivity index (χ2n) is 5.55. The molecule has 3 rings (SSSR count). The molecular formula is C14H16BrN3O4S2. The molecular weight excluding hydrogens is 418 g/mol. The first kappa shape index (κ1) is 17.6. The lowest BCUT2D eigenvalue weighted by atomic mass is 9.97. The van der Waals surface area contributed by atoms with E-state index in [-0.39, 0.29) is 11.8 Å². The van der Waals surface area contributed by atoms with Crippen LogP contribution in [-0.2, 0) is 14.8 Å². The Kier molecular flexibility index (Phi) is 5.09. The van der Waals surface area contributed by atoms with E-state index in [0.717, 1.165) is 3.79 Å². The quantitative estimate of drug-likeness (QED) is 0.799. The zero-order valence-electron chi connectivity index (χ0n) is 12.9. The molecule has 130 valence electrons. The normalized spacial score (nSPS) is 17.1. The second-order valence-corrected chi connectivity index (χ2v) is 10.2. The van der Waals surface area contributed by atoms with Crippen LogP contribution in [0.3, 0.4) is 0 Å². The lowest BCUT2D eigenvalue weighted by Gasteiger charge is -2.29. The van der Waals surface area contributed by atoms with Gasteiger partial charge in [-0.05, 0) is 47.8 Å². The molecule has 2 aromatic rings. The van der Waals surface area contributed by atoms with Gasteiger partial charge in [0.05, 0.1) is 3.79 Å². The van der Waals surface area contributed by atoms with E-state index in [2.05, 4.69) is 26.4 Å². The molecule has 0 radical (unpaired) electrons. The van der Waals surface area contributed by atoms with Crippen molar-refractivity contribution in [3.8, 4) is 0 Å². The minimum absolute atomic E-state index is 0.154. The molecule has 0 aliphatic carbocycles. The number of amides is 1. The average Bonchev–Trinajstić information content (AvgIpc) is 3.16. The van der Waals surface area contributed by atoms with Crippen molar-refractivity contribution in [2.24, 2.45) is 5.92 Å². The number of halogens is 1. The van der Waals surface area contributed by atoms with Crippen molar-refractivity contribution in [3.05, 3.63) is 27.7 Å². The molecule has 7 nitrogen and oxygen atoms in total. The topological polar surface area (TPSA) is 92.5 Å². The van der Waals surface area contributed by atoms with Gasteiger partial charge in [0, 0.05) is 25.1 Å². The Morgan fingerprint density at radius 1 is 1.42 bits per heavy atom. The van der Waals surface area contributed by atoms with Crippen LogP contribution in [0.5, 0.6) is 0 Å². The third kappa shape index (κ3) is 3.71.